The summed E-state index contributed by atoms with van der Waals surface area (Å²) in [6.07, 6.45) is 1.74. The Hall–Kier alpha value is -3.08. The normalized spacial score (nSPS) is 15.0. The van der Waals surface area contributed by atoms with E-state index in [9.17, 15) is 18.0 Å². The lowest BCUT2D eigenvalue weighted by atomic mass is 10.1. The summed E-state index contributed by atoms with van der Waals surface area (Å²) >= 11 is 1.19. The second-order valence-corrected chi connectivity index (χ2v) is 10.3. The molecule has 5 rings (SSSR count). The van der Waals surface area contributed by atoms with Gasteiger partial charge in [-0.2, -0.15) is 4.31 Å². The first-order valence-electron chi connectivity index (χ1n) is 9.76. The van der Waals surface area contributed by atoms with E-state index in [1.807, 2.05) is 0 Å². The van der Waals surface area contributed by atoms with Gasteiger partial charge >= 0.3 is 0 Å². The van der Waals surface area contributed by atoms with Crippen molar-refractivity contribution < 1.29 is 13.2 Å². The molecule has 0 bridgehead atoms. The van der Waals surface area contributed by atoms with Gasteiger partial charge in [-0.1, -0.05) is 29.5 Å². The monoisotopic (exact) mass is 454 g/mol. The van der Waals surface area contributed by atoms with E-state index in [-0.39, 0.29) is 16.0 Å². The molecule has 1 saturated heterocycles. The number of aromatic amines is 1. The molecule has 0 saturated carbocycles. The molecule has 8 nitrogen and oxygen atoms in total. The van der Waals surface area contributed by atoms with Crippen LogP contribution in [0.25, 0.3) is 21.1 Å². The minimum Gasteiger partial charge on any atom is -0.322 e. The van der Waals surface area contributed by atoms with Gasteiger partial charge in [-0.05, 0) is 37.1 Å². The highest BCUT2D eigenvalue weighted by Crippen LogP contribution is 2.30. The largest absolute Gasteiger partial charge is 0.322 e. The average Bonchev–Trinajstić information content (AvgIpc) is 3.42. The summed E-state index contributed by atoms with van der Waals surface area (Å²) in [5.74, 6) is -0.453. The minimum atomic E-state index is -3.53. The summed E-state index contributed by atoms with van der Waals surface area (Å²) in [4.78, 5) is 32.1. The first-order chi connectivity index (χ1) is 14.9. The Morgan fingerprint density at radius 2 is 1.87 bits per heavy atom. The number of fused-ring (bicyclic) bond motifs is 2. The number of hydrogen-bond donors (Lipinski definition) is 2. The van der Waals surface area contributed by atoms with E-state index in [1.54, 1.807) is 42.5 Å². The number of rotatable bonds is 4. The number of para-hydroxylation sites is 1. The molecule has 1 aliphatic heterocycles. The lowest BCUT2D eigenvalue weighted by Gasteiger charge is -2.15. The number of thiazole rings is 1. The Labute approximate surface area is 181 Å². The smallest absolute Gasteiger partial charge is 0.258 e. The summed E-state index contributed by atoms with van der Waals surface area (Å²) in [6.45, 7) is 1.07. The first kappa shape index (κ1) is 19.9. The first-order valence-corrected chi connectivity index (χ1v) is 12.0. The van der Waals surface area contributed by atoms with Crippen LogP contribution in [-0.4, -0.2) is 41.7 Å². The number of pyridine rings is 1. The quantitative estimate of drug-likeness (QED) is 0.492. The van der Waals surface area contributed by atoms with Crippen molar-refractivity contribution in [1.82, 2.24) is 14.3 Å². The van der Waals surface area contributed by atoms with Crippen molar-refractivity contribution >= 4 is 53.5 Å². The Morgan fingerprint density at radius 1 is 1.10 bits per heavy atom. The van der Waals surface area contributed by atoms with Crippen molar-refractivity contribution in [2.24, 2.45) is 0 Å². The molecule has 4 aromatic rings. The third-order valence-electron chi connectivity index (χ3n) is 5.28. The minimum absolute atomic E-state index is 0.226. The van der Waals surface area contributed by atoms with E-state index in [0.29, 0.717) is 39.3 Å². The number of carbonyl (C=O) groups excluding carboxylic acids is 1. The maximum Gasteiger partial charge on any atom is 0.258 e. The molecule has 2 N–H and O–H groups in total. The fourth-order valence-electron chi connectivity index (χ4n) is 3.75. The number of H-pyrrole nitrogens is 1. The maximum absolute atomic E-state index is 12.9. The van der Waals surface area contributed by atoms with Crippen LogP contribution in [0.4, 0.5) is 5.13 Å². The van der Waals surface area contributed by atoms with E-state index in [4.69, 9.17) is 0 Å². The molecule has 31 heavy (non-hydrogen) atoms. The number of benzene rings is 2. The van der Waals surface area contributed by atoms with Crippen LogP contribution >= 0.6 is 11.3 Å². The molecule has 2 aromatic heterocycles. The van der Waals surface area contributed by atoms with E-state index in [1.165, 1.54) is 21.7 Å². The zero-order valence-corrected chi connectivity index (χ0v) is 17.9. The molecule has 1 fully saturated rings. The number of aromatic nitrogens is 2. The van der Waals surface area contributed by atoms with E-state index in [0.717, 1.165) is 12.8 Å². The molecule has 1 amide bonds. The van der Waals surface area contributed by atoms with Gasteiger partial charge in [0.1, 0.15) is 0 Å². The van der Waals surface area contributed by atoms with Crippen LogP contribution in [0.1, 0.15) is 23.2 Å². The second kappa shape index (κ2) is 7.56. The highest BCUT2D eigenvalue weighted by Gasteiger charge is 2.27. The highest BCUT2D eigenvalue weighted by molar-refractivity contribution is 7.89. The van der Waals surface area contributed by atoms with Crippen LogP contribution in [0.2, 0.25) is 0 Å². The van der Waals surface area contributed by atoms with Gasteiger partial charge in [0, 0.05) is 30.1 Å². The van der Waals surface area contributed by atoms with E-state index < -0.39 is 15.9 Å². The van der Waals surface area contributed by atoms with Crippen molar-refractivity contribution in [3.63, 3.8) is 0 Å². The molecule has 0 aliphatic carbocycles. The zero-order chi connectivity index (χ0) is 21.6. The van der Waals surface area contributed by atoms with Gasteiger partial charge in [0.15, 0.2) is 5.13 Å². The number of nitrogens with one attached hydrogen (secondary N) is 2. The molecule has 1 aliphatic rings. The van der Waals surface area contributed by atoms with Crippen molar-refractivity contribution in [3.8, 4) is 0 Å². The highest BCUT2D eigenvalue weighted by atomic mass is 32.2. The fourth-order valence-corrected chi connectivity index (χ4v) is 6.27. The molecule has 158 valence electrons. The molecule has 10 heteroatoms. The number of sulfonamides is 1. The van der Waals surface area contributed by atoms with Crippen LogP contribution in [-0.2, 0) is 10.0 Å². The Bertz CT molecular complexity index is 1480. The van der Waals surface area contributed by atoms with E-state index >= 15 is 0 Å². The predicted molar refractivity (Wildman–Crippen MR) is 120 cm³/mol. The van der Waals surface area contributed by atoms with Gasteiger partial charge in [0.05, 0.1) is 20.7 Å². The van der Waals surface area contributed by atoms with Crippen LogP contribution < -0.4 is 10.9 Å². The summed E-state index contributed by atoms with van der Waals surface area (Å²) in [5, 5.41) is 3.69. The maximum atomic E-state index is 12.9. The number of anilines is 1. The lowest BCUT2D eigenvalue weighted by molar-refractivity contribution is 0.102. The summed E-state index contributed by atoms with van der Waals surface area (Å²) in [5.41, 5.74) is 1.04. The van der Waals surface area contributed by atoms with Crippen molar-refractivity contribution in [2.45, 2.75) is 17.7 Å². The Balaban J connectivity index is 1.47. The van der Waals surface area contributed by atoms with Crippen molar-refractivity contribution in [3.05, 3.63) is 64.4 Å². The standard InChI is InChI=1S/C21H18N4O4S2/c26-19-12-15(14-5-1-2-6-16(14)22-19)20(27)24-21-23-17-8-7-13(11-18(17)30-21)31(28,29)25-9-3-4-10-25/h1-2,5-8,11-12H,3-4,9-10H2,(H,22,26)(H,23,24,27). The number of carbonyl (C=O) groups is 1. The zero-order valence-electron chi connectivity index (χ0n) is 16.3. The van der Waals surface area contributed by atoms with E-state index in [2.05, 4.69) is 15.3 Å². The molecule has 0 atom stereocenters. The average molecular weight is 455 g/mol. The van der Waals surface area contributed by atoms with Gasteiger partial charge in [-0.15, -0.1) is 0 Å². The number of amides is 1. The van der Waals surface area contributed by atoms with Gasteiger partial charge < -0.3 is 4.98 Å². The van der Waals surface area contributed by atoms with Crippen LogP contribution in [0.15, 0.2) is 58.2 Å². The third-order valence-corrected chi connectivity index (χ3v) is 8.11. The summed E-state index contributed by atoms with van der Waals surface area (Å²) in [6, 6.07) is 13.1. The van der Waals surface area contributed by atoms with Crippen molar-refractivity contribution in [2.75, 3.05) is 18.4 Å². The van der Waals surface area contributed by atoms with Crippen LogP contribution in [0, 0.1) is 0 Å². The van der Waals surface area contributed by atoms with Gasteiger partial charge in [-0.3, -0.25) is 14.9 Å². The van der Waals surface area contributed by atoms with Crippen LogP contribution in [0.5, 0.6) is 0 Å². The second-order valence-electron chi connectivity index (χ2n) is 7.31. The SMILES string of the molecule is O=C(Nc1nc2ccc(S(=O)(=O)N3CCCC3)cc2s1)c1cc(=O)[nH]c2ccccc12. The molecule has 0 radical (unpaired) electrons. The molecular formula is C21H18N4O4S2. The topological polar surface area (TPSA) is 112 Å². The number of nitrogens with zero attached hydrogens (tertiary/aromatic N) is 2. The predicted octanol–water partition coefficient (Wildman–Crippen LogP) is 3.17. The van der Waals surface area contributed by atoms with Crippen LogP contribution in [0.3, 0.4) is 0 Å². The van der Waals surface area contributed by atoms with Gasteiger partial charge in [-0.25, -0.2) is 13.4 Å². The molecule has 2 aromatic carbocycles. The Morgan fingerprint density at radius 3 is 2.68 bits per heavy atom. The summed E-state index contributed by atoms with van der Waals surface area (Å²) < 4.78 is 27.8. The molecule has 0 unspecified atom stereocenters. The van der Waals surface area contributed by atoms with Gasteiger partial charge in [0.25, 0.3) is 5.91 Å². The van der Waals surface area contributed by atoms with Gasteiger partial charge in [0.2, 0.25) is 15.6 Å². The Kier molecular flexibility index (Phi) is 4.84. The lowest BCUT2D eigenvalue weighted by Crippen LogP contribution is -2.27. The summed E-state index contributed by atoms with van der Waals surface area (Å²) in [7, 11) is -3.53. The third kappa shape index (κ3) is 3.62. The molecule has 0 spiro atoms. The number of hydrogen-bond acceptors (Lipinski definition) is 6. The molecular weight excluding hydrogens is 436 g/mol. The molecule has 3 heterocycles. The fraction of sp³-hybridized carbons (Fsp3) is 0.190. The van der Waals surface area contributed by atoms with Crippen molar-refractivity contribution in [1.29, 1.82) is 0 Å².